The number of aliphatic hydroxyl groups excluding tert-OH is 3. The Morgan fingerprint density at radius 2 is 1.45 bits per heavy atom. The van der Waals surface area contributed by atoms with Gasteiger partial charge in [-0.05, 0) is 32.7 Å². The smallest absolute Gasteiger partial charge is 0.106 e. The van der Waals surface area contributed by atoms with Gasteiger partial charge in [-0.25, -0.2) is 0 Å². The van der Waals surface area contributed by atoms with Gasteiger partial charge in [-0.3, -0.25) is 0 Å². The van der Waals surface area contributed by atoms with Gasteiger partial charge in [-0.15, -0.1) is 0 Å². The van der Waals surface area contributed by atoms with Crippen molar-refractivity contribution in [3.63, 3.8) is 0 Å². The topological polar surface area (TPSA) is 60.7 Å². The van der Waals surface area contributed by atoms with E-state index in [9.17, 15) is 15.3 Å². The number of rotatable bonds is 0. The summed E-state index contributed by atoms with van der Waals surface area (Å²) in [5.41, 5.74) is 1.29. The third-order valence-corrected chi connectivity index (χ3v) is 5.61. The number of benzene rings is 3. The summed E-state index contributed by atoms with van der Waals surface area (Å²) in [5.74, 6) is 0. The lowest BCUT2D eigenvalue weighted by Crippen LogP contribution is -2.38. The fraction of sp³-hybridized carbons (Fsp3) is 0.222. The molecule has 0 saturated carbocycles. The molecule has 3 aromatic carbocycles. The molecule has 0 fully saturated rings. The molecule has 1 aliphatic rings. The van der Waals surface area contributed by atoms with Crippen molar-refractivity contribution in [2.45, 2.75) is 23.1 Å². The molecule has 0 bridgehead atoms. The molecular formula is C18H15BrO3. The van der Waals surface area contributed by atoms with Gasteiger partial charge in [0.15, 0.2) is 0 Å². The van der Waals surface area contributed by atoms with Gasteiger partial charge < -0.3 is 15.3 Å². The SMILES string of the molecule is O[C@@H]1[C@H](Br)[C@@H](O)c2c(ccc3c2ccc2ccccc23)[C@H]1O. The number of hydrogen-bond donors (Lipinski definition) is 3. The first-order valence-electron chi connectivity index (χ1n) is 7.22. The zero-order chi connectivity index (χ0) is 15.4. The normalized spacial score (nSPS) is 28.0. The van der Waals surface area contributed by atoms with Crippen LogP contribution in [0.5, 0.6) is 0 Å². The molecule has 0 saturated heterocycles. The van der Waals surface area contributed by atoms with Gasteiger partial charge in [0.1, 0.15) is 6.10 Å². The number of aliphatic hydroxyl groups is 3. The number of fused-ring (bicyclic) bond motifs is 5. The number of alkyl halides is 1. The Morgan fingerprint density at radius 1 is 0.727 bits per heavy atom. The summed E-state index contributed by atoms with van der Waals surface area (Å²) >= 11 is 3.30. The van der Waals surface area contributed by atoms with E-state index in [1.54, 1.807) is 6.07 Å². The summed E-state index contributed by atoms with van der Waals surface area (Å²) in [6.07, 6.45) is -2.89. The van der Waals surface area contributed by atoms with E-state index in [1.807, 2.05) is 30.3 Å². The first kappa shape index (κ1) is 14.2. The zero-order valence-corrected chi connectivity index (χ0v) is 13.2. The molecule has 4 atom stereocenters. The van der Waals surface area contributed by atoms with Crippen molar-refractivity contribution in [1.29, 1.82) is 0 Å². The molecule has 0 spiro atoms. The molecule has 1 aliphatic carbocycles. The van der Waals surface area contributed by atoms with Gasteiger partial charge in [0.25, 0.3) is 0 Å². The standard InChI is InChI=1S/C18H15BrO3/c19-15-17(21)14-12-6-5-9-3-1-2-4-10(9)11(12)7-8-13(14)16(20)18(15)22/h1-8,15-18,20-22H/t15-,16-,17+,18-/m1/s1. The van der Waals surface area contributed by atoms with Gasteiger partial charge in [0, 0.05) is 0 Å². The average molecular weight is 359 g/mol. The Balaban J connectivity index is 2.10. The molecule has 0 heterocycles. The van der Waals surface area contributed by atoms with Crippen molar-refractivity contribution in [3.05, 3.63) is 59.7 Å². The second-order valence-corrected chi connectivity index (χ2v) is 6.83. The van der Waals surface area contributed by atoms with Gasteiger partial charge >= 0.3 is 0 Å². The van der Waals surface area contributed by atoms with Crippen molar-refractivity contribution in [1.82, 2.24) is 0 Å². The fourth-order valence-electron chi connectivity index (χ4n) is 3.42. The molecule has 0 radical (unpaired) electrons. The predicted molar refractivity (Wildman–Crippen MR) is 90.1 cm³/mol. The van der Waals surface area contributed by atoms with Crippen LogP contribution in [0.25, 0.3) is 21.5 Å². The highest BCUT2D eigenvalue weighted by Crippen LogP contribution is 2.44. The molecule has 0 aromatic heterocycles. The van der Waals surface area contributed by atoms with E-state index in [2.05, 4.69) is 28.1 Å². The van der Waals surface area contributed by atoms with Gasteiger partial charge in [0.05, 0.1) is 17.0 Å². The van der Waals surface area contributed by atoms with Crippen molar-refractivity contribution >= 4 is 37.5 Å². The predicted octanol–water partition coefficient (Wildman–Crippen LogP) is 3.20. The van der Waals surface area contributed by atoms with Gasteiger partial charge in [-0.1, -0.05) is 64.5 Å². The highest BCUT2D eigenvalue weighted by molar-refractivity contribution is 9.09. The van der Waals surface area contributed by atoms with E-state index in [0.717, 1.165) is 21.5 Å². The lowest BCUT2D eigenvalue weighted by molar-refractivity contribution is -0.0205. The van der Waals surface area contributed by atoms with Crippen molar-refractivity contribution in [2.75, 3.05) is 0 Å². The second kappa shape index (κ2) is 5.03. The second-order valence-electron chi connectivity index (χ2n) is 5.77. The Kier molecular flexibility index (Phi) is 3.24. The Bertz CT molecular complexity index is 877. The largest absolute Gasteiger partial charge is 0.389 e. The zero-order valence-electron chi connectivity index (χ0n) is 11.6. The van der Waals surface area contributed by atoms with Crippen LogP contribution in [-0.2, 0) is 0 Å². The molecule has 112 valence electrons. The Morgan fingerprint density at radius 3 is 2.27 bits per heavy atom. The summed E-state index contributed by atoms with van der Waals surface area (Å²) in [4.78, 5) is -0.591. The summed E-state index contributed by atoms with van der Waals surface area (Å²) in [6, 6.07) is 15.8. The van der Waals surface area contributed by atoms with E-state index in [1.165, 1.54) is 0 Å². The molecule has 0 unspecified atom stereocenters. The average Bonchev–Trinajstić information content (AvgIpc) is 2.56. The minimum Gasteiger partial charge on any atom is -0.389 e. The van der Waals surface area contributed by atoms with Gasteiger partial charge in [0.2, 0.25) is 0 Å². The fourth-order valence-corrected chi connectivity index (χ4v) is 3.97. The quantitative estimate of drug-likeness (QED) is 0.427. The van der Waals surface area contributed by atoms with E-state index in [4.69, 9.17) is 0 Å². The van der Waals surface area contributed by atoms with Crippen LogP contribution in [0, 0.1) is 0 Å². The third kappa shape index (κ3) is 1.85. The van der Waals surface area contributed by atoms with Crippen LogP contribution >= 0.6 is 15.9 Å². The van der Waals surface area contributed by atoms with Crippen molar-refractivity contribution in [2.24, 2.45) is 0 Å². The maximum absolute atomic E-state index is 10.6. The molecule has 0 aliphatic heterocycles. The highest BCUT2D eigenvalue weighted by Gasteiger charge is 2.40. The molecule has 3 aromatic rings. The molecule has 22 heavy (non-hydrogen) atoms. The monoisotopic (exact) mass is 358 g/mol. The van der Waals surface area contributed by atoms with Crippen LogP contribution in [0.3, 0.4) is 0 Å². The van der Waals surface area contributed by atoms with Crippen LogP contribution < -0.4 is 0 Å². The lowest BCUT2D eigenvalue weighted by Gasteiger charge is -2.35. The van der Waals surface area contributed by atoms with Crippen LogP contribution in [0.15, 0.2) is 48.5 Å². The maximum Gasteiger partial charge on any atom is 0.106 e. The Labute approximate surface area is 135 Å². The molecule has 4 rings (SSSR count). The Hall–Kier alpha value is -1.46. The molecular weight excluding hydrogens is 344 g/mol. The number of hydrogen-bond acceptors (Lipinski definition) is 3. The summed E-state index contributed by atoms with van der Waals surface area (Å²) in [6.45, 7) is 0. The minimum absolute atomic E-state index is 0.591. The van der Waals surface area contributed by atoms with E-state index >= 15 is 0 Å². The van der Waals surface area contributed by atoms with Crippen molar-refractivity contribution < 1.29 is 15.3 Å². The van der Waals surface area contributed by atoms with Crippen LogP contribution in [-0.4, -0.2) is 26.3 Å². The minimum atomic E-state index is -1.03. The lowest BCUT2D eigenvalue weighted by atomic mass is 9.81. The maximum atomic E-state index is 10.6. The van der Waals surface area contributed by atoms with E-state index in [-0.39, 0.29) is 0 Å². The number of halogens is 1. The summed E-state index contributed by atoms with van der Waals surface area (Å²) in [5, 5.41) is 35.1. The summed E-state index contributed by atoms with van der Waals surface area (Å²) < 4.78 is 0. The van der Waals surface area contributed by atoms with E-state index < -0.39 is 23.1 Å². The van der Waals surface area contributed by atoms with E-state index in [0.29, 0.717) is 11.1 Å². The molecule has 0 amide bonds. The molecule has 3 N–H and O–H groups in total. The summed E-state index contributed by atoms with van der Waals surface area (Å²) in [7, 11) is 0. The van der Waals surface area contributed by atoms with Crippen molar-refractivity contribution in [3.8, 4) is 0 Å². The van der Waals surface area contributed by atoms with Crippen LogP contribution in [0.1, 0.15) is 23.3 Å². The molecule has 3 nitrogen and oxygen atoms in total. The first-order chi connectivity index (χ1) is 10.6. The van der Waals surface area contributed by atoms with Gasteiger partial charge in [-0.2, -0.15) is 0 Å². The third-order valence-electron chi connectivity index (χ3n) is 4.57. The van der Waals surface area contributed by atoms with Crippen LogP contribution in [0.2, 0.25) is 0 Å². The highest BCUT2D eigenvalue weighted by atomic mass is 79.9. The van der Waals surface area contributed by atoms with Crippen LogP contribution in [0.4, 0.5) is 0 Å². The molecule has 4 heteroatoms. The first-order valence-corrected chi connectivity index (χ1v) is 8.13.